The zero-order valence-corrected chi connectivity index (χ0v) is 10.1. The molecule has 0 radical (unpaired) electrons. The fourth-order valence-corrected chi connectivity index (χ4v) is 2.89. The molecule has 14 heavy (non-hydrogen) atoms. The first-order chi connectivity index (χ1) is 6.32. The first kappa shape index (κ1) is 11.5. The van der Waals surface area contributed by atoms with Crippen LogP contribution in [0.1, 0.15) is 40.5 Å². The van der Waals surface area contributed by atoms with Crippen molar-refractivity contribution in [2.75, 3.05) is 13.6 Å². The minimum Gasteiger partial charge on any atom is -0.345 e. The number of hydrogen-bond acceptors (Lipinski definition) is 1. The summed E-state index contributed by atoms with van der Waals surface area (Å²) < 4.78 is 0. The highest BCUT2D eigenvalue weighted by Gasteiger charge is 2.31. The van der Waals surface area contributed by atoms with E-state index in [2.05, 4.69) is 20.8 Å². The highest BCUT2D eigenvalue weighted by Crippen LogP contribution is 2.32. The van der Waals surface area contributed by atoms with Gasteiger partial charge in [-0.25, -0.2) is 0 Å². The SMILES string of the molecule is CC1CC(C)C(=O)N(C)CC(C)(C)C1. The molecule has 82 valence electrons. The number of rotatable bonds is 0. The van der Waals surface area contributed by atoms with Gasteiger partial charge in [-0.2, -0.15) is 0 Å². The molecule has 0 aliphatic carbocycles. The molecule has 2 heteroatoms. The van der Waals surface area contributed by atoms with E-state index in [0.29, 0.717) is 11.8 Å². The van der Waals surface area contributed by atoms with Gasteiger partial charge in [0.2, 0.25) is 5.91 Å². The topological polar surface area (TPSA) is 20.3 Å². The van der Waals surface area contributed by atoms with Gasteiger partial charge in [0.05, 0.1) is 0 Å². The average Bonchev–Trinajstić information content (AvgIpc) is 1.98. The lowest BCUT2D eigenvalue weighted by molar-refractivity contribution is -0.136. The van der Waals surface area contributed by atoms with E-state index in [1.54, 1.807) is 0 Å². The standard InChI is InChI=1S/C12H23NO/c1-9-6-10(2)11(14)13(5)8-12(3,4)7-9/h9-10H,6-8H2,1-5H3. The van der Waals surface area contributed by atoms with Crippen molar-refractivity contribution >= 4 is 5.91 Å². The third kappa shape index (κ3) is 2.73. The molecule has 1 aliphatic rings. The molecular weight excluding hydrogens is 174 g/mol. The van der Waals surface area contributed by atoms with Crippen molar-refractivity contribution in [3.05, 3.63) is 0 Å². The molecule has 1 amide bonds. The van der Waals surface area contributed by atoms with Gasteiger partial charge >= 0.3 is 0 Å². The maximum atomic E-state index is 11.9. The number of hydrogen-bond donors (Lipinski definition) is 0. The summed E-state index contributed by atoms with van der Waals surface area (Å²) in [7, 11) is 1.93. The van der Waals surface area contributed by atoms with Gasteiger partial charge in [-0.15, -0.1) is 0 Å². The largest absolute Gasteiger partial charge is 0.345 e. The van der Waals surface area contributed by atoms with Gasteiger partial charge in [-0.05, 0) is 24.2 Å². The first-order valence-corrected chi connectivity index (χ1v) is 5.57. The van der Waals surface area contributed by atoms with Crippen molar-refractivity contribution in [2.45, 2.75) is 40.5 Å². The van der Waals surface area contributed by atoms with Gasteiger partial charge < -0.3 is 4.90 Å². The fourth-order valence-electron chi connectivity index (χ4n) is 2.89. The van der Waals surface area contributed by atoms with Crippen LogP contribution in [0, 0.1) is 17.3 Å². The Morgan fingerprint density at radius 3 is 2.50 bits per heavy atom. The summed E-state index contributed by atoms with van der Waals surface area (Å²) in [6, 6.07) is 0. The summed E-state index contributed by atoms with van der Waals surface area (Å²) in [5.74, 6) is 1.17. The molecule has 2 atom stereocenters. The number of amides is 1. The molecule has 2 unspecified atom stereocenters. The van der Waals surface area contributed by atoms with Crippen LogP contribution in [0.4, 0.5) is 0 Å². The summed E-state index contributed by atoms with van der Waals surface area (Å²) in [6.45, 7) is 9.71. The van der Waals surface area contributed by atoms with Crippen LogP contribution in [0.15, 0.2) is 0 Å². The summed E-state index contributed by atoms with van der Waals surface area (Å²) in [5.41, 5.74) is 0.268. The molecule has 0 N–H and O–H groups in total. The van der Waals surface area contributed by atoms with Crippen molar-refractivity contribution in [2.24, 2.45) is 17.3 Å². The molecule has 1 fully saturated rings. The van der Waals surface area contributed by atoms with Crippen molar-refractivity contribution in [3.8, 4) is 0 Å². The Morgan fingerprint density at radius 2 is 1.93 bits per heavy atom. The lowest BCUT2D eigenvalue weighted by atomic mass is 9.78. The van der Waals surface area contributed by atoms with E-state index >= 15 is 0 Å². The van der Waals surface area contributed by atoms with Crippen LogP contribution in [0.3, 0.4) is 0 Å². The van der Waals surface area contributed by atoms with Crippen LogP contribution in [-0.4, -0.2) is 24.4 Å². The number of likely N-dealkylation sites (tertiary alicyclic amines) is 1. The second kappa shape index (κ2) is 3.92. The zero-order valence-electron chi connectivity index (χ0n) is 10.1. The quantitative estimate of drug-likeness (QED) is 0.584. The molecule has 2 nitrogen and oxygen atoms in total. The van der Waals surface area contributed by atoms with Crippen molar-refractivity contribution in [1.29, 1.82) is 0 Å². The Hall–Kier alpha value is -0.530. The Kier molecular flexibility index (Phi) is 3.23. The van der Waals surface area contributed by atoms with Crippen LogP contribution in [0.25, 0.3) is 0 Å². The van der Waals surface area contributed by atoms with Gasteiger partial charge in [-0.1, -0.05) is 27.7 Å². The highest BCUT2D eigenvalue weighted by atomic mass is 16.2. The normalized spacial score (nSPS) is 33.8. The maximum absolute atomic E-state index is 11.9. The van der Waals surface area contributed by atoms with Crippen molar-refractivity contribution in [1.82, 2.24) is 4.90 Å². The van der Waals surface area contributed by atoms with Gasteiger partial charge in [0.15, 0.2) is 0 Å². The number of carbonyl (C=O) groups is 1. The third-order valence-electron chi connectivity index (χ3n) is 3.12. The van der Waals surface area contributed by atoms with E-state index in [4.69, 9.17) is 0 Å². The lowest BCUT2D eigenvalue weighted by Crippen LogP contribution is -2.42. The molecular formula is C12H23NO. The third-order valence-corrected chi connectivity index (χ3v) is 3.12. The van der Waals surface area contributed by atoms with E-state index in [1.807, 2.05) is 18.9 Å². The molecule has 0 bridgehead atoms. The monoisotopic (exact) mass is 197 g/mol. The molecule has 1 rings (SSSR count). The van der Waals surface area contributed by atoms with Gasteiger partial charge in [0, 0.05) is 19.5 Å². The Morgan fingerprint density at radius 1 is 1.36 bits per heavy atom. The minimum atomic E-state index is 0.200. The van der Waals surface area contributed by atoms with Crippen LogP contribution in [0.2, 0.25) is 0 Å². The second-order valence-electron chi connectivity index (χ2n) is 5.80. The van der Waals surface area contributed by atoms with Crippen LogP contribution < -0.4 is 0 Å². The maximum Gasteiger partial charge on any atom is 0.225 e. The predicted octanol–water partition coefficient (Wildman–Crippen LogP) is 2.54. The summed E-state index contributed by atoms with van der Waals surface area (Å²) >= 11 is 0. The summed E-state index contributed by atoms with van der Waals surface area (Å²) in [6.07, 6.45) is 2.25. The smallest absolute Gasteiger partial charge is 0.225 e. The summed E-state index contributed by atoms with van der Waals surface area (Å²) in [5, 5.41) is 0. The Labute approximate surface area is 87.7 Å². The minimum absolute atomic E-state index is 0.200. The predicted molar refractivity (Wildman–Crippen MR) is 59.0 cm³/mol. The fraction of sp³-hybridized carbons (Fsp3) is 0.917. The highest BCUT2D eigenvalue weighted by molar-refractivity contribution is 5.78. The molecule has 1 aliphatic heterocycles. The van der Waals surface area contributed by atoms with Gasteiger partial charge in [0.1, 0.15) is 0 Å². The molecule has 0 saturated carbocycles. The van der Waals surface area contributed by atoms with E-state index < -0.39 is 0 Å². The van der Waals surface area contributed by atoms with E-state index in [9.17, 15) is 4.79 Å². The van der Waals surface area contributed by atoms with E-state index in [0.717, 1.165) is 13.0 Å². The van der Waals surface area contributed by atoms with Gasteiger partial charge in [-0.3, -0.25) is 4.79 Å². The molecule has 0 aromatic rings. The molecule has 1 heterocycles. The molecule has 1 saturated heterocycles. The molecule has 0 aromatic heterocycles. The summed E-state index contributed by atoms with van der Waals surface area (Å²) in [4.78, 5) is 13.8. The number of carbonyl (C=O) groups excluding carboxylic acids is 1. The van der Waals surface area contributed by atoms with Crippen LogP contribution in [-0.2, 0) is 4.79 Å². The van der Waals surface area contributed by atoms with Gasteiger partial charge in [0.25, 0.3) is 0 Å². The Bertz CT molecular complexity index is 222. The van der Waals surface area contributed by atoms with Crippen molar-refractivity contribution < 1.29 is 4.79 Å². The second-order valence-corrected chi connectivity index (χ2v) is 5.80. The molecule has 0 spiro atoms. The van der Waals surface area contributed by atoms with E-state index in [1.165, 1.54) is 6.42 Å². The molecule has 0 aromatic carbocycles. The zero-order chi connectivity index (χ0) is 10.9. The van der Waals surface area contributed by atoms with Crippen LogP contribution >= 0.6 is 0 Å². The average molecular weight is 197 g/mol. The first-order valence-electron chi connectivity index (χ1n) is 5.57. The van der Waals surface area contributed by atoms with Crippen molar-refractivity contribution in [3.63, 3.8) is 0 Å². The lowest BCUT2D eigenvalue weighted by Gasteiger charge is -2.37. The van der Waals surface area contributed by atoms with E-state index in [-0.39, 0.29) is 11.3 Å². The Balaban J connectivity index is 2.77. The number of nitrogens with zero attached hydrogens (tertiary/aromatic N) is 1. The van der Waals surface area contributed by atoms with Crippen LogP contribution in [0.5, 0.6) is 0 Å².